The largest absolute Gasteiger partial charge is 0.478 e. The van der Waals surface area contributed by atoms with Crippen molar-refractivity contribution in [2.24, 2.45) is 0 Å². The summed E-state index contributed by atoms with van der Waals surface area (Å²) in [6.07, 6.45) is -0.184. The fourth-order valence-corrected chi connectivity index (χ4v) is 1.45. The van der Waals surface area contributed by atoms with Gasteiger partial charge in [-0.15, -0.1) is 0 Å². The van der Waals surface area contributed by atoms with Crippen LogP contribution >= 0.6 is 0 Å². The van der Waals surface area contributed by atoms with Gasteiger partial charge in [0.1, 0.15) is 0 Å². The fourth-order valence-electron chi connectivity index (χ4n) is 1.45. The number of benzene rings is 1. The quantitative estimate of drug-likeness (QED) is 0.474. The Balaban J connectivity index is 3.08. The minimum Gasteiger partial charge on any atom is -0.478 e. The van der Waals surface area contributed by atoms with E-state index >= 15 is 0 Å². The van der Waals surface area contributed by atoms with Crippen molar-refractivity contribution in [3.63, 3.8) is 0 Å². The average Bonchev–Trinajstić information content (AvgIpc) is 2.29. The lowest BCUT2D eigenvalue weighted by Gasteiger charge is -2.06. The number of esters is 1. The van der Waals surface area contributed by atoms with E-state index in [1.54, 1.807) is 0 Å². The number of aromatic carboxylic acids is 1. The van der Waals surface area contributed by atoms with Crippen molar-refractivity contribution in [2.45, 2.75) is 13.0 Å². The maximum atomic E-state index is 11.1. The average molecular weight is 253 g/mol. The van der Waals surface area contributed by atoms with Crippen molar-refractivity contribution < 1.29 is 24.4 Å². The molecule has 1 rings (SSSR count). The third kappa shape index (κ3) is 3.55. The lowest BCUT2D eigenvalue weighted by atomic mass is 10.0. The zero-order valence-corrected chi connectivity index (χ0v) is 9.58. The van der Waals surface area contributed by atoms with Gasteiger partial charge in [-0.3, -0.25) is 14.9 Å². The molecule has 0 fully saturated rings. The van der Waals surface area contributed by atoms with E-state index in [9.17, 15) is 19.7 Å². The second-order valence-electron chi connectivity index (χ2n) is 3.54. The number of ether oxygens (including phenoxy) is 1. The maximum absolute atomic E-state index is 11.1. The summed E-state index contributed by atoms with van der Waals surface area (Å²) in [4.78, 5) is 31.9. The number of hydrogen-bond donors (Lipinski definition) is 1. The molecule has 0 atom stereocenters. The molecule has 7 heteroatoms. The topological polar surface area (TPSA) is 107 Å². The fraction of sp³-hybridized carbons (Fsp3) is 0.273. The number of carbonyl (C=O) groups excluding carboxylic acids is 1. The molecule has 0 saturated carbocycles. The molecule has 0 radical (unpaired) electrons. The van der Waals surface area contributed by atoms with Crippen molar-refractivity contribution in [3.05, 3.63) is 45.0 Å². The highest BCUT2D eigenvalue weighted by Crippen LogP contribution is 2.14. The van der Waals surface area contributed by atoms with Crippen LogP contribution in [0.25, 0.3) is 0 Å². The van der Waals surface area contributed by atoms with Crippen molar-refractivity contribution in [1.29, 1.82) is 0 Å². The summed E-state index contributed by atoms with van der Waals surface area (Å²) in [5, 5.41) is 19.3. The van der Waals surface area contributed by atoms with Gasteiger partial charge in [-0.05, 0) is 11.6 Å². The molecule has 1 N–H and O–H groups in total. The third-order valence-corrected chi connectivity index (χ3v) is 2.28. The third-order valence-electron chi connectivity index (χ3n) is 2.28. The predicted octanol–water partition coefficient (Wildman–Crippen LogP) is 0.877. The molecule has 0 heterocycles. The summed E-state index contributed by atoms with van der Waals surface area (Å²) in [6, 6.07) is 4.01. The van der Waals surface area contributed by atoms with Crippen LogP contribution in [0.5, 0.6) is 0 Å². The zero-order valence-electron chi connectivity index (χ0n) is 9.58. The van der Waals surface area contributed by atoms with E-state index in [0.29, 0.717) is 0 Å². The Kier molecular flexibility index (Phi) is 4.36. The van der Waals surface area contributed by atoms with Crippen LogP contribution in [-0.4, -0.2) is 29.1 Å². The molecule has 0 amide bonds. The van der Waals surface area contributed by atoms with E-state index in [1.165, 1.54) is 25.3 Å². The molecule has 0 unspecified atom stereocenters. The lowest BCUT2D eigenvalue weighted by Crippen LogP contribution is -2.11. The van der Waals surface area contributed by atoms with Gasteiger partial charge < -0.3 is 9.84 Å². The molecule has 7 nitrogen and oxygen atoms in total. The summed E-state index contributed by atoms with van der Waals surface area (Å²) in [5.41, 5.74) is 0.409. The molecule has 0 aliphatic heterocycles. The highest BCUT2D eigenvalue weighted by atomic mass is 16.6. The zero-order chi connectivity index (χ0) is 13.7. The van der Waals surface area contributed by atoms with Crippen LogP contribution in [0.15, 0.2) is 18.2 Å². The first-order valence-electron chi connectivity index (χ1n) is 4.97. The van der Waals surface area contributed by atoms with Gasteiger partial charge in [-0.1, -0.05) is 12.1 Å². The molecule has 96 valence electrons. The van der Waals surface area contributed by atoms with Crippen LogP contribution in [0.3, 0.4) is 0 Å². The summed E-state index contributed by atoms with van der Waals surface area (Å²) in [5.74, 6) is -1.81. The van der Waals surface area contributed by atoms with Crippen molar-refractivity contribution >= 4 is 11.9 Å². The molecule has 0 aliphatic rings. The Morgan fingerprint density at radius 3 is 2.61 bits per heavy atom. The second kappa shape index (κ2) is 5.76. The first kappa shape index (κ1) is 13.6. The van der Waals surface area contributed by atoms with Crippen LogP contribution < -0.4 is 0 Å². The van der Waals surface area contributed by atoms with Gasteiger partial charge in [0, 0.05) is 10.5 Å². The molecule has 1 aromatic carbocycles. The Morgan fingerprint density at radius 1 is 1.44 bits per heavy atom. The number of methoxy groups -OCH3 is 1. The van der Waals surface area contributed by atoms with Gasteiger partial charge >= 0.3 is 11.9 Å². The van der Waals surface area contributed by atoms with E-state index in [1.807, 2.05) is 0 Å². The smallest absolute Gasteiger partial charge is 0.335 e. The van der Waals surface area contributed by atoms with Crippen LogP contribution in [0.4, 0.5) is 0 Å². The van der Waals surface area contributed by atoms with E-state index in [0.717, 1.165) is 0 Å². The highest BCUT2D eigenvalue weighted by molar-refractivity contribution is 5.91. The molecule has 0 bridgehead atoms. The standard InChI is InChI=1S/C11H11NO6/c1-18-10(13)5-8-3-2-7(6-12(16)17)4-9(8)11(14)15/h2-4H,5-6H2,1H3,(H,14,15). The molecule has 1 aromatic rings. The van der Waals surface area contributed by atoms with Gasteiger partial charge in [-0.2, -0.15) is 0 Å². The van der Waals surface area contributed by atoms with Crippen LogP contribution in [0.2, 0.25) is 0 Å². The molecule has 0 aromatic heterocycles. The van der Waals surface area contributed by atoms with E-state index in [2.05, 4.69) is 4.74 Å². The summed E-state index contributed by atoms with van der Waals surface area (Å²) in [7, 11) is 1.20. The van der Waals surface area contributed by atoms with Gasteiger partial charge in [0.2, 0.25) is 6.54 Å². The van der Waals surface area contributed by atoms with E-state index in [4.69, 9.17) is 5.11 Å². The number of hydrogen-bond acceptors (Lipinski definition) is 5. The molecule has 0 aliphatic carbocycles. The van der Waals surface area contributed by atoms with Crippen molar-refractivity contribution in [3.8, 4) is 0 Å². The Hall–Kier alpha value is -2.44. The molecular weight excluding hydrogens is 242 g/mol. The number of rotatable bonds is 5. The molecule has 0 spiro atoms. The number of nitro groups is 1. The Bertz CT molecular complexity index is 496. The normalized spacial score (nSPS) is 9.83. The summed E-state index contributed by atoms with van der Waals surface area (Å²) < 4.78 is 4.44. The van der Waals surface area contributed by atoms with Crippen LogP contribution in [0.1, 0.15) is 21.5 Å². The molecule has 18 heavy (non-hydrogen) atoms. The minimum atomic E-state index is -1.24. The maximum Gasteiger partial charge on any atom is 0.335 e. The molecular formula is C11H11NO6. The van der Waals surface area contributed by atoms with Gasteiger partial charge in [0.25, 0.3) is 0 Å². The second-order valence-corrected chi connectivity index (χ2v) is 3.54. The molecule has 0 saturated heterocycles. The number of carboxylic acid groups (broad SMARTS) is 1. The monoisotopic (exact) mass is 253 g/mol. The van der Waals surface area contributed by atoms with E-state index < -0.39 is 23.4 Å². The first-order chi connectivity index (χ1) is 8.43. The highest BCUT2D eigenvalue weighted by Gasteiger charge is 2.15. The number of carboxylic acids is 1. The van der Waals surface area contributed by atoms with Gasteiger partial charge in [-0.25, -0.2) is 4.79 Å². The Labute approximate surface area is 102 Å². The van der Waals surface area contributed by atoms with Gasteiger partial charge in [0.15, 0.2) is 0 Å². The summed E-state index contributed by atoms with van der Waals surface area (Å²) >= 11 is 0. The Morgan fingerprint density at radius 2 is 2.11 bits per heavy atom. The van der Waals surface area contributed by atoms with Crippen molar-refractivity contribution in [1.82, 2.24) is 0 Å². The van der Waals surface area contributed by atoms with Crippen molar-refractivity contribution in [2.75, 3.05) is 7.11 Å². The van der Waals surface area contributed by atoms with Crippen LogP contribution in [-0.2, 0) is 22.5 Å². The van der Waals surface area contributed by atoms with Crippen LogP contribution in [0, 0.1) is 10.1 Å². The number of nitrogens with zero attached hydrogens (tertiary/aromatic N) is 1. The SMILES string of the molecule is COC(=O)Cc1ccc(C[N+](=O)[O-])cc1C(=O)O. The lowest BCUT2D eigenvalue weighted by molar-refractivity contribution is -0.496. The number of carbonyl (C=O) groups is 2. The minimum absolute atomic E-state index is 0.125. The predicted molar refractivity (Wildman–Crippen MR) is 59.8 cm³/mol. The van der Waals surface area contributed by atoms with Gasteiger partial charge in [0.05, 0.1) is 19.1 Å². The van der Waals surface area contributed by atoms with E-state index in [-0.39, 0.29) is 23.1 Å². The first-order valence-corrected chi connectivity index (χ1v) is 4.97. The summed E-state index contributed by atoms with van der Waals surface area (Å²) in [6.45, 7) is -0.460.